The fourth-order valence-electron chi connectivity index (χ4n) is 5.58. The van der Waals surface area contributed by atoms with Gasteiger partial charge in [-0.05, 0) is 56.8 Å². The zero-order valence-electron chi connectivity index (χ0n) is 24.2. The number of benzene rings is 3. The smallest absolute Gasteiger partial charge is 0.244 e. The largest absolute Gasteiger partial charge is 0.325 e. The van der Waals surface area contributed by atoms with E-state index in [1.807, 2.05) is 73.7 Å². The molecule has 0 fully saturated rings. The molecule has 1 N–H and O–H groups in total. The van der Waals surface area contributed by atoms with E-state index in [-0.39, 0.29) is 29.9 Å². The molecule has 3 aromatic carbocycles. The van der Waals surface area contributed by atoms with E-state index in [4.69, 9.17) is 0 Å². The minimum Gasteiger partial charge on any atom is -0.325 e. The number of nitrogens with zero attached hydrogens (tertiary/aromatic N) is 4. The lowest BCUT2D eigenvalue weighted by Gasteiger charge is -2.20. The van der Waals surface area contributed by atoms with Crippen molar-refractivity contribution in [2.75, 3.05) is 5.32 Å². The highest BCUT2D eigenvalue weighted by Gasteiger charge is 2.23. The van der Waals surface area contributed by atoms with Crippen LogP contribution in [-0.2, 0) is 16.1 Å². The molecule has 1 amide bonds. The molecule has 1 atom stereocenters. The molecule has 7 rings (SSSR count). The predicted molar refractivity (Wildman–Crippen MR) is 167 cm³/mol. The number of ketones is 2. The van der Waals surface area contributed by atoms with Crippen LogP contribution in [0, 0.1) is 0 Å². The normalized spacial score (nSPS) is 14.9. The number of amides is 1. The summed E-state index contributed by atoms with van der Waals surface area (Å²) in [7, 11) is 0. The zero-order valence-corrected chi connectivity index (χ0v) is 24.2. The number of hydrogen-bond donors (Lipinski definition) is 1. The average molecular weight is 570 g/mol. The second-order valence-electron chi connectivity index (χ2n) is 11.1. The maximum absolute atomic E-state index is 12.3. The number of carbonyl (C=O) groups excluding carboxylic acids is 3. The quantitative estimate of drug-likeness (QED) is 0.334. The van der Waals surface area contributed by atoms with Crippen LogP contribution in [0.4, 0.5) is 5.69 Å². The fourth-order valence-corrected chi connectivity index (χ4v) is 5.58. The van der Waals surface area contributed by atoms with Crippen molar-refractivity contribution in [3.63, 3.8) is 0 Å². The SMILES string of the molecule is CC(C)c1ccc(NC(=O)Cn2cnc3ncncc32)cc1.CC1C(=O)CC=c2c1ccc1c2=CC(=O)c2ccccc2-1. The molecule has 0 saturated carbocycles. The third-order valence-corrected chi connectivity index (χ3v) is 8.01. The molecule has 8 nitrogen and oxygen atoms in total. The molecule has 0 spiro atoms. The Bertz CT molecular complexity index is 2010. The van der Waals surface area contributed by atoms with E-state index in [9.17, 15) is 14.4 Å². The Morgan fingerprint density at radius 3 is 2.49 bits per heavy atom. The van der Waals surface area contributed by atoms with Crippen molar-refractivity contribution in [1.29, 1.82) is 0 Å². The third kappa shape index (κ3) is 5.51. The van der Waals surface area contributed by atoms with Gasteiger partial charge in [-0.3, -0.25) is 14.4 Å². The molecule has 43 heavy (non-hydrogen) atoms. The average Bonchev–Trinajstić information content (AvgIpc) is 3.42. The number of aromatic nitrogens is 4. The molecule has 2 heterocycles. The lowest BCUT2D eigenvalue weighted by molar-refractivity contribution is -0.119. The van der Waals surface area contributed by atoms with Crippen molar-refractivity contribution in [3.05, 3.63) is 107 Å². The van der Waals surface area contributed by atoms with Gasteiger partial charge in [0.1, 0.15) is 24.2 Å². The summed E-state index contributed by atoms with van der Waals surface area (Å²) >= 11 is 0. The first-order valence-corrected chi connectivity index (χ1v) is 14.3. The Balaban J connectivity index is 0.000000153. The van der Waals surface area contributed by atoms with E-state index in [1.165, 1.54) is 11.9 Å². The summed E-state index contributed by atoms with van der Waals surface area (Å²) in [5.41, 5.74) is 7.23. The Morgan fingerprint density at radius 1 is 0.953 bits per heavy atom. The van der Waals surface area contributed by atoms with Crippen molar-refractivity contribution < 1.29 is 14.4 Å². The lowest BCUT2D eigenvalue weighted by Crippen LogP contribution is -2.38. The third-order valence-electron chi connectivity index (χ3n) is 8.01. The van der Waals surface area contributed by atoms with Crippen LogP contribution < -0.4 is 15.8 Å². The molecule has 0 bridgehead atoms. The molecular weight excluding hydrogens is 538 g/mol. The van der Waals surface area contributed by atoms with Crippen molar-refractivity contribution in [2.45, 2.75) is 45.6 Å². The Morgan fingerprint density at radius 2 is 1.72 bits per heavy atom. The number of carbonyl (C=O) groups is 3. The van der Waals surface area contributed by atoms with Crippen LogP contribution in [0.2, 0.25) is 0 Å². The van der Waals surface area contributed by atoms with E-state index >= 15 is 0 Å². The number of rotatable bonds is 4. The number of imidazole rings is 1. The van der Waals surface area contributed by atoms with E-state index in [2.05, 4.69) is 34.1 Å². The molecule has 8 heteroatoms. The minimum absolute atomic E-state index is 0.0458. The Hall–Kier alpha value is -5.24. The van der Waals surface area contributed by atoms with Gasteiger partial charge in [0.25, 0.3) is 0 Å². The molecule has 0 radical (unpaired) electrons. The highest BCUT2D eigenvalue weighted by Crippen LogP contribution is 2.26. The van der Waals surface area contributed by atoms with Gasteiger partial charge in [-0.15, -0.1) is 0 Å². The molecule has 214 valence electrons. The highest BCUT2D eigenvalue weighted by molar-refractivity contribution is 6.22. The molecule has 2 aliphatic carbocycles. The summed E-state index contributed by atoms with van der Waals surface area (Å²) in [6.07, 6.45) is 8.83. The van der Waals surface area contributed by atoms with Crippen molar-refractivity contribution in [1.82, 2.24) is 19.5 Å². The number of hydrogen-bond acceptors (Lipinski definition) is 6. The van der Waals surface area contributed by atoms with Gasteiger partial charge in [0.15, 0.2) is 11.4 Å². The van der Waals surface area contributed by atoms with E-state index in [0.717, 1.165) is 43.9 Å². The van der Waals surface area contributed by atoms with Crippen molar-refractivity contribution in [3.8, 4) is 11.1 Å². The molecule has 1 unspecified atom stereocenters. The van der Waals surface area contributed by atoms with Crippen LogP contribution in [0.1, 0.15) is 60.5 Å². The van der Waals surface area contributed by atoms with Gasteiger partial charge in [0.05, 0.1) is 12.5 Å². The molecule has 2 aliphatic rings. The Kier molecular flexibility index (Phi) is 7.50. The van der Waals surface area contributed by atoms with E-state index in [0.29, 0.717) is 18.0 Å². The second kappa shape index (κ2) is 11.6. The molecule has 0 saturated heterocycles. The molecule has 2 aromatic heterocycles. The van der Waals surface area contributed by atoms with Crippen LogP contribution in [0.3, 0.4) is 0 Å². The van der Waals surface area contributed by atoms with Gasteiger partial charge in [0, 0.05) is 23.6 Å². The lowest BCUT2D eigenvalue weighted by atomic mass is 9.82. The van der Waals surface area contributed by atoms with Crippen LogP contribution in [0.15, 0.2) is 79.5 Å². The van der Waals surface area contributed by atoms with Crippen LogP contribution >= 0.6 is 0 Å². The van der Waals surface area contributed by atoms with Crippen molar-refractivity contribution >= 4 is 46.5 Å². The highest BCUT2D eigenvalue weighted by atomic mass is 16.2. The van der Waals surface area contributed by atoms with Gasteiger partial charge in [0.2, 0.25) is 5.91 Å². The zero-order chi connectivity index (χ0) is 30.1. The van der Waals surface area contributed by atoms with Gasteiger partial charge < -0.3 is 9.88 Å². The van der Waals surface area contributed by atoms with Crippen LogP contribution in [-0.4, -0.2) is 37.0 Å². The van der Waals surface area contributed by atoms with Crippen LogP contribution in [0.25, 0.3) is 34.4 Å². The topological polar surface area (TPSA) is 107 Å². The van der Waals surface area contributed by atoms with E-state index < -0.39 is 0 Å². The molecule has 5 aromatic rings. The molecular formula is C35H31N5O3. The predicted octanol–water partition coefficient (Wildman–Crippen LogP) is 4.78. The van der Waals surface area contributed by atoms with Gasteiger partial charge in [-0.25, -0.2) is 15.0 Å². The van der Waals surface area contributed by atoms with Gasteiger partial charge in [-0.2, -0.15) is 0 Å². The van der Waals surface area contributed by atoms with Gasteiger partial charge in [-0.1, -0.05) is 75.4 Å². The van der Waals surface area contributed by atoms with E-state index in [1.54, 1.807) is 23.2 Å². The number of nitrogens with one attached hydrogen (secondary N) is 1. The number of Topliss-reactive ketones (excluding diaryl/α,β-unsaturated/α-hetero) is 2. The fraction of sp³-hybridized carbons (Fsp3) is 0.200. The standard InChI is InChI=1S/C19H14O2.C16H17N5O/c1-11-12-6-7-15-13-4-2-3-5-16(13)19(21)10-17(15)14(12)8-9-18(11)20;1-11(2)12-3-5-13(6-4-12)20-15(22)8-21-10-19-16-14(21)7-17-9-18-16/h2-8,10-11H,9H2,1H3;3-7,9-11H,8H2,1-2H3,(H,20,22). The van der Waals surface area contributed by atoms with Gasteiger partial charge >= 0.3 is 0 Å². The summed E-state index contributed by atoms with van der Waals surface area (Å²) in [6, 6.07) is 19.7. The number of anilines is 1. The summed E-state index contributed by atoms with van der Waals surface area (Å²) in [5, 5.41) is 4.91. The van der Waals surface area contributed by atoms with Crippen LogP contribution in [0.5, 0.6) is 0 Å². The van der Waals surface area contributed by atoms with Crippen molar-refractivity contribution in [2.24, 2.45) is 0 Å². The Labute approximate surface area is 248 Å². The number of fused-ring (bicyclic) bond motifs is 6. The second-order valence-corrected chi connectivity index (χ2v) is 11.1. The summed E-state index contributed by atoms with van der Waals surface area (Å²) in [6.45, 7) is 6.40. The summed E-state index contributed by atoms with van der Waals surface area (Å²) in [5.74, 6) is 0.563. The molecule has 0 aliphatic heterocycles. The maximum Gasteiger partial charge on any atom is 0.244 e. The maximum atomic E-state index is 12.3. The minimum atomic E-state index is -0.111. The summed E-state index contributed by atoms with van der Waals surface area (Å²) in [4.78, 5) is 48.5. The summed E-state index contributed by atoms with van der Waals surface area (Å²) < 4.78 is 1.73. The monoisotopic (exact) mass is 569 g/mol. The first kappa shape index (κ1) is 27.9. The first-order valence-electron chi connectivity index (χ1n) is 14.3. The first-order chi connectivity index (χ1) is 20.8.